The van der Waals surface area contributed by atoms with Crippen molar-refractivity contribution in [2.75, 3.05) is 33.3 Å². The van der Waals surface area contributed by atoms with Crippen molar-refractivity contribution in [2.24, 2.45) is 5.10 Å². The summed E-state index contributed by atoms with van der Waals surface area (Å²) in [4.78, 5) is 12.5. The van der Waals surface area contributed by atoms with E-state index in [1.54, 1.807) is 18.3 Å². The van der Waals surface area contributed by atoms with Gasteiger partial charge in [0.15, 0.2) is 0 Å². The predicted molar refractivity (Wildman–Crippen MR) is 127 cm³/mol. The minimum atomic E-state index is -4.28. The molecule has 13 heteroatoms. The number of likely N-dealkylation sites (tertiary alicyclic amines) is 1. The fourth-order valence-electron chi connectivity index (χ4n) is 3.74. The molecule has 0 aliphatic carbocycles. The van der Waals surface area contributed by atoms with E-state index in [-0.39, 0.29) is 22.9 Å². The number of aromatic nitrogens is 2. The molecule has 0 atom stereocenters. The number of rotatable bonds is 9. The Morgan fingerprint density at radius 1 is 1.31 bits per heavy atom. The van der Waals surface area contributed by atoms with Crippen LogP contribution in [0.2, 0.25) is 0 Å². The number of hydrazone groups is 1. The Kier molecular flexibility index (Phi) is 6.94. The van der Waals surface area contributed by atoms with E-state index in [1.165, 1.54) is 36.1 Å². The fraction of sp³-hybridized carbons (Fsp3) is 0.318. The van der Waals surface area contributed by atoms with Crippen LogP contribution in [0.5, 0.6) is 5.75 Å². The third kappa shape index (κ3) is 5.23. The van der Waals surface area contributed by atoms with Gasteiger partial charge >= 0.3 is 0 Å². The average Bonchev–Trinajstić information content (AvgIpc) is 3.52. The van der Waals surface area contributed by atoms with Crippen LogP contribution in [0.3, 0.4) is 0 Å². The molecule has 0 bridgehead atoms. The number of hydrogen-bond acceptors (Lipinski definition) is 9. The Labute approximate surface area is 201 Å². The number of sulfonamides is 1. The van der Waals surface area contributed by atoms with E-state index in [2.05, 4.69) is 15.1 Å². The highest BCUT2D eigenvalue weighted by molar-refractivity contribution is 7.89. The van der Waals surface area contributed by atoms with Crippen LogP contribution in [-0.4, -0.2) is 71.8 Å². The molecule has 0 spiro atoms. The number of hydrogen-bond donors (Lipinski definition) is 0. The zero-order chi connectivity index (χ0) is 25.0. The number of ether oxygens (including phenoxy) is 1. The molecular weight excluding hydrogens is 474 g/mol. The van der Waals surface area contributed by atoms with Crippen LogP contribution < -0.4 is 4.74 Å². The van der Waals surface area contributed by atoms with E-state index in [9.17, 15) is 18.5 Å². The molecule has 0 radical (unpaired) electrons. The van der Waals surface area contributed by atoms with Gasteiger partial charge in [0.25, 0.3) is 15.7 Å². The van der Waals surface area contributed by atoms with Gasteiger partial charge in [0, 0.05) is 37.5 Å². The first-order chi connectivity index (χ1) is 16.8. The molecular formula is C22H23N7O5S. The first-order valence-corrected chi connectivity index (χ1v) is 12.3. The zero-order valence-electron chi connectivity index (χ0n) is 18.9. The second kappa shape index (κ2) is 10.1. The smallest absolute Gasteiger partial charge is 0.282 e. The SMILES string of the molecule is CN(N=Cc1cnn2ccc(C#N)cc12)S(=O)(=O)c1cc([N+](=O)[O-])ccc1OCCN1CCCC1. The first kappa shape index (κ1) is 24.1. The van der Waals surface area contributed by atoms with Crippen LogP contribution in [0.4, 0.5) is 5.69 Å². The Morgan fingerprint density at radius 3 is 2.80 bits per heavy atom. The van der Waals surface area contributed by atoms with Gasteiger partial charge in [0.05, 0.1) is 34.5 Å². The largest absolute Gasteiger partial charge is 0.491 e. The van der Waals surface area contributed by atoms with E-state index < -0.39 is 14.9 Å². The van der Waals surface area contributed by atoms with E-state index in [0.29, 0.717) is 23.2 Å². The van der Waals surface area contributed by atoms with Crippen LogP contribution in [-0.2, 0) is 10.0 Å². The minimum Gasteiger partial charge on any atom is -0.491 e. The molecule has 0 saturated carbocycles. The average molecular weight is 498 g/mol. The van der Waals surface area contributed by atoms with Gasteiger partial charge in [-0.3, -0.25) is 15.0 Å². The Morgan fingerprint density at radius 2 is 2.09 bits per heavy atom. The highest BCUT2D eigenvalue weighted by Gasteiger charge is 2.27. The first-order valence-electron chi connectivity index (χ1n) is 10.8. The Hall–Kier alpha value is -4.02. The molecule has 0 N–H and O–H groups in total. The summed E-state index contributed by atoms with van der Waals surface area (Å²) in [5.41, 5.74) is 1.10. The molecule has 2 aromatic heterocycles. The molecule has 1 aromatic carbocycles. The maximum atomic E-state index is 13.3. The van der Waals surface area contributed by atoms with Crippen LogP contribution in [0, 0.1) is 21.4 Å². The number of pyridine rings is 1. The van der Waals surface area contributed by atoms with Gasteiger partial charge in [-0.15, -0.1) is 0 Å². The number of non-ortho nitro benzene ring substituents is 1. The van der Waals surface area contributed by atoms with Crippen molar-refractivity contribution in [1.29, 1.82) is 5.26 Å². The maximum absolute atomic E-state index is 13.3. The number of nitriles is 1. The van der Waals surface area contributed by atoms with E-state index in [0.717, 1.165) is 36.4 Å². The Balaban J connectivity index is 1.60. The molecule has 1 saturated heterocycles. The van der Waals surface area contributed by atoms with Crippen LogP contribution in [0.1, 0.15) is 24.0 Å². The number of nitro benzene ring substituents is 1. The van der Waals surface area contributed by atoms with E-state index in [4.69, 9.17) is 10.00 Å². The minimum absolute atomic E-state index is 0.0199. The molecule has 3 heterocycles. The van der Waals surface area contributed by atoms with Crippen molar-refractivity contribution in [2.45, 2.75) is 17.7 Å². The second-order valence-electron chi connectivity index (χ2n) is 7.93. The fourth-order valence-corrected chi connectivity index (χ4v) is 4.85. The molecule has 35 heavy (non-hydrogen) atoms. The summed E-state index contributed by atoms with van der Waals surface area (Å²) in [6, 6.07) is 8.72. The number of nitro groups is 1. The van der Waals surface area contributed by atoms with Gasteiger partial charge < -0.3 is 4.74 Å². The number of fused-ring (bicyclic) bond motifs is 1. The summed E-state index contributed by atoms with van der Waals surface area (Å²) < 4.78 is 34.6. The highest BCUT2D eigenvalue weighted by Crippen LogP contribution is 2.30. The lowest BCUT2D eigenvalue weighted by Crippen LogP contribution is -2.26. The molecule has 1 aliphatic rings. The lowest BCUT2D eigenvalue weighted by Gasteiger charge is -2.18. The van der Waals surface area contributed by atoms with Crippen LogP contribution in [0.15, 0.2) is 52.7 Å². The van der Waals surface area contributed by atoms with Crippen molar-refractivity contribution in [3.63, 3.8) is 0 Å². The quantitative estimate of drug-likeness (QED) is 0.248. The monoisotopic (exact) mass is 497 g/mol. The number of benzene rings is 1. The van der Waals surface area contributed by atoms with Gasteiger partial charge in [0.2, 0.25) is 0 Å². The molecule has 182 valence electrons. The molecule has 1 aliphatic heterocycles. The summed E-state index contributed by atoms with van der Waals surface area (Å²) in [6.45, 7) is 2.80. The van der Waals surface area contributed by atoms with Crippen molar-refractivity contribution >= 4 is 27.4 Å². The summed E-state index contributed by atoms with van der Waals surface area (Å²) in [6.07, 6.45) is 6.63. The van der Waals surface area contributed by atoms with Crippen molar-refractivity contribution in [1.82, 2.24) is 18.9 Å². The number of nitrogens with zero attached hydrogens (tertiary/aromatic N) is 7. The van der Waals surface area contributed by atoms with Gasteiger partial charge in [-0.05, 0) is 44.1 Å². The van der Waals surface area contributed by atoms with Crippen molar-refractivity contribution in [3.8, 4) is 11.8 Å². The van der Waals surface area contributed by atoms with Gasteiger partial charge in [-0.2, -0.15) is 28.3 Å². The zero-order valence-corrected chi connectivity index (χ0v) is 19.8. The summed E-state index contributed by atoms with van der Waals surface area (Å²) in [5, 5.41) is 28.6. The Bertz CT molecular complexity index is 1420. The normalized spacial score (nSPS) is 14.4. The molecule has 4 rings (SSSR count). The van der Waals surface area contributed by atoms with Crippen LogP contribution >= 0.6 is 0 Å². The molecule has 0 unspecified atom stereocenters. The van der Waals surface area contributed by atoms with Gasteiger partial charge in [-0.25, -0.2) is 4.52 Å². The molecule has 12 nitrogen and oxygen atoms in total. The third-order valence-corrected chi connectivity index (χ3v) is 7.33. The summed E-state index contributed by atoms with van der Waals surface area (Å²) in [5.74, 6) is 0.0199. The van der Waals surface area contributed by atoms with E-state index >= 15 is 0 Å². The lowest BCUT2D eigenvalue weighted by molar-refractivity contribution is -0.385. The summed E-state index contributed by atoms with van der Waals surface area (Å²) >= 11 is 0. The molecule has 1 fully saturated rings. The topological polar surface area (TPSA) is 146 Å². The predicted octanol–water partition coefficient (Wildman–Crippen LogP) is 2.24. The van der Waals surface area contributed by atoms with E-state index in [1.807, 2.05) is 6.07 Å². The van der Waals surface area contributed by atoms with Crippen LogP contribution in [0.25, 0.3) is 5.52 Å². The third-order valence-electron chi connectivity index (χ3n) is 5.67. The van der Waals surface area contributed by atoms with Crippen molar-refractivity contribution in [3.05, 3.63) is 64.0 Å². The molecule has 3 aromatic rings. The van der Waals surface area contributed by atoms with Gasteiger partial charge in [0.1, 0.15) is 17.3 Å². The molecule has 0 amide bonds. The summed E-state index contributed by atoms with van der Waals surface area (Å²) in [7, 11) is -3.05. The lowest BCUT2D eigenvalue weighted by atomic mass is 10.2. The second-order valence-corrected chi connectivity index (χ2v) is 9.84. The highest BCUT2D eigenvalue weighted by atomic mass is 32.2. The van der Waals surface area contributed by atoms with Gasteiger partial charge in [-0.1, -0.05) is 0 Å². The standard InChI is InChI=1S/C22H23N7O5S/c1-26(24-15-18-16-25-28-9-6-17(14-23)12-20(18)28)35(32,33)22-13-19(29(30)31)4-5-21(22)34-11-10-27-7-2-3-8-27/h4-6,9,12-13,15-16H,2-3,7-8,10-11H2,1H3. The maximum Gasteiger partial charge on any atom is 0.282 e. The van der Waals surface area contributed by atoms with Crippen molar-refractivity contribution < 1.29 is 18.1 Å².